The van der Waals surface area contributed by atoms with Crippen molar-refractivity contribution in [2.45, 2.75) is 39.4 Å². The Labute approximate surface area is 114 Å². The van der Waals surface area contributed by atoms with E-state index in [-0.39, 0.29) is 5.82 Å². The zero-order valence-corrected chi connectivity index (χ0v) is 11.6. The van der Waals surface area contributed by atoms with E-state index in [2.05, 4.69) is 42.1 Å². The summed E-state index contributed by atoms with van der Waals surface area (Å²) in [4.78, 5) is 0. The number of hydrogen-bond acceptors (Lipinski definition) is 1. The molecule has 0 bridgehead atoms. The Morgan fingerprint density at radius 1 is 1.21 bits per heavy atom. The van der Waals surface area contributed by atoms with Crippen molar-refractivity contribution < 1.29 is 4.39 Å². The van der Waals surface area contributed by atoms with Gasteiger partial charge in [-0.25, -0.2) is 4.39 Å². The van der Waals surface area contributed by atoms with Crippen molar-refractivity contribution in [2.75, 3.05) is 0 Å². The van der Waals surface area contributed by atoms with Gasteiger partial charge in [-0.2, -0.15) is 0 Å². The minimum Gasteiger partial charge on any atom is -0.351 e. The van der Waals surface area contributed by atoms with Crippen LogP contribution in [0.2, 0.25) is 0 Å². The number of hydrogen-bond donors (Lipinski definition) is 1. The first kappa shape index (κ1) is 13.8. The summed E-state index contributed by atoms with van der Waals surface area (Å²) in [5.74, 6) is -0.176. The van der Waals surface area contributed by atoms with E-state index in [4.69, 9.17) is 0 Å². The van der Waals surface area contributed by atoms with E-state index >= 15 is 0 Å². The first-order valence-electron chi connectivity index (χ1n) is 6.81. The molecule has 1 unspecified atom stereocenters. The molecule has 0 aliphatic heterocycles. The van der Waals surface area contributed by atoms with Crippen LogP contribution in [0.25, 0.3) is 0 Å². The van der Waals surface area contributed by atoms with Crippen LogP contribution in [0.4, 0.5) is 4.39 Å². The summed E-state index contributed by atoms with van der Waals surface area (Å²) in [6.07, 6.45) is 3.01. The molecule has 0 spiro atoms. The highest BCUT2D eigenvalue weighted by molar-refractivity contribution is 5.17. The monoisotopic (exact) mass is 260 g/mol. The maximum atomic E-state index is 12.8. The summed E-state index contributed by atoms with van der Waals surface area (Å²) < 4.78 is 15.1. The molecule has 1 aromatic heterocycles. The predicted molar refractivity (Wildman–Crippen MR) is 76.5 cm³/mol. The summed E-state index contributed by atoms with van der Waals surface area (Å²) in [7, 11) is 0. The van der Waals surface area contributed by atoms with Gasteiger partial charge in [-0.1, -0.05) is 12.1 Å². The normalized spacial score (nSPS) is 12.6. The zero-order valence-electron chi connectivity index (χ0n) is 11.6. The van der Waals surface area contributed by atoms with Crippen LogP contribution in [-0.4, -0.2) is 10.6 Å². The van der Waals surface area contributed by atoms with Crippen molar-refractivity contribution in [1.82, 2.24) is 9.88 Å². The lowest BCUT2D eigenvalue weighted by Crippen LogP contribution is -2.28. The van der Waals surface area contributed by atoms with E-state index in [9.17, 15) is 4.39 Å². The second kappa shape index (κ2) is 6.53. The Hall–Kier alpha value is -1.61. The first-order chi connectivity index (χ1) is 9.19. The van der Waals surface area contributed by atoms with Crippen LogP contribution in [0, 0.1) is 5.82 Å². The minimum atomic E-state index is -0.176. The molecule has 0 amide bonds. The third kappa shape index (κ3) is 3.93. The quantitative estimate of drug-likeness (QED) is 0.842. The number of halogens is 1. The van der Waals surface area contributed by atoms with Gasteiger partial charge < -0.3 is 9.88 Å². The molecular weight excluding hydrogens is 239 g/mol. The SMILES string of the molecule is CCn1cccc1CNC(C)Cc1ccc(F)cc1. The van der Waals surface area contributed by atoms with E-state index in [1.54, 1.807) is 0 Å². The fourth-order valence-corrected chi connectivity index (χ4v) is 2.24. The predicted octanol–water partition coefficient (Wildman–Crippen LogP) is 3.37. The van der Waals surface area contributed by atoms with Gasteiger partial charge in [0, 0.05) is 31.0 Å². The van der Waals surface area contributed by atoms with Crippen molar-refractivity contribution in [3.05, 3.63) is 59.7 Å². The molecule has 3 heteroatoms. The maximum Gasteiger partial charge on any atom is 0.123 e. The Morgan fingerprint density at radius 2 is 1.95 bits per heavy atom. The number of nitrogens with zero attached hydrogens (tertiary/aromatic N) is 1. The molecule has 2 nitrogen and oxygen atoms in total. The van der Waals surface area contributed by atoms with Gasteiger partial charge in [0.25, 0.3) is 0 Å². The second-order valence-corrected chi connectivity index (χ2v) is 4.90. The van der Waals surface area contributed by atoms with Gasteiger partial charge in [0.05, 0.1) is 0 Å². The lowest BCUT2D eigenvalue weighted by atomic mass is 10.1. The van der Waals surface area contributed by atoms with Gasteiger partial charge >= 0.3 is 0 Å². The van der Waals surface area contributed by atoms with Gasteiger partial charge in [0.1, 0.15) is 5.82 Å². The average Bonchev–Trinajstić information content (AvgIpc) is 2.86. The third-order valence-electron chi connectivity index (χ3n) is 3.35. The Kier molecular flexibility index (Phi) is 4.74. The fraction of sp³-hybridized carbons (Fsp3) is 0.375. The van der Waals surface area contributed by atoms with Crippen molar-refractivity contribution in [1.29, 1.82) is 0 Å². The van der Waals surface area contributed by atoms with Crippen molar-refractivity contribution >= 4 is 0 Å². The summed E-state index contributed by atoms with van der Waals surface area (Å²) in [5.41, 5.74) is 2.46. The largest absolute Gasteiger partial charge is 0.351 e. The molecule has 1 heterocycles. The van der Waals surface area contributed by atoms with Crippen molar-refractivity contribution in [3.8, 4) is 0 Å². The number of rotatable bonds is 6. The molecule has 2 rings (SSSR count). The van der Waals surface area contributed by atoms with Gasteiger partial charge in [0.15, 0.2) is 0 Å². The second-order valence-electron chi connectivity index (χ2n) is 4.90. The summed E-state index contributed by atoms with van der Waals surface area (Å²) in [5, 5.41) is 3.51. The highest BCUT2D eigenvalue weighted by atomic mass is 19.1. The maximum absolute atomic E-state index is 12.8. The molecular formula is C16H21FN2. The lowest BCUT2D eigenvalue weighted by Gasteiger charge is -2.15. The molecule has 0 radical (unpaired) electrons. The van der Waals surface area contributed by atoms with Crippen LogP contribution < -0.4 is 5.32 Å². The number of benzene rings is 1. The summed E-state index contributed by atoms with van der Waals surface area (Å²) in [6, 6.07) is 11.3. The van der Waals surface area contributed by atoms with Gasteiger partial charge in [-0.3, -0.25) is 0 Å². The molecule has 0 fully saturated rings. The standard InChI is InChI=1S/C16H21FN2/c1-3-19-10-4-5-16(19)12-18-13(2)11-14-6-8-15(17)9-7-14/h4-10,13,18H,3,11-12H2,1-2H3. The third-order valence-corrected chi connectivity index (χ3v) is 3.35. The summed E-state index contributed by atoms with van der Waals surface area (Å²) in [6.45, 7) is 6.16. The average molecular weight is 260 g/mol. The van der Waals surface area contributed by atoms with E-state index in [1.165, 1.54) is 17.8 Å². The highest BCUT2D eigenvalue weighted by Crippen LogP contribution is 2.07. The molecule has 1 aromatic carbocycles. The molecule has 0 saturated carbocycles. The zero-order chi connectivity index (χ0) is 13.7. The van der Waals surface area contributed by atoms with Crippen molar-refractivity contribution in [3.63, 3.8) is 0 Å². The van der Waals surface area contributed by atoms with Crippen LogP contribution in [-0.2, 0) is 19.5 Å². The topological polar surface area (TPSA) is 17.0 Å². The molecule has 19 heavy (non-hydrogen) atoms. The first-order valence-corrected chi connectivity index (χ1v) is 6.81. The molecule has 0 aliphatic carbocycles. The minimum absolute atomic E-state index is 0.176. The molecule has 102 valence electrons. The molecule has 1 N–H and O–H groups in total. The van der Waals surface area contributed by atoms with Gasteiger partial charge in [-0.05, 0) is 50.1 Å². The van der Waals surface area contributed by atoms with Crippen LogP contribution in [0.3, 0.4) is 0 Å². The number of aromatic nitrogens is 1. The Morgan fingerprint density at radius 3 is 2.63 bits per heavy atom. The molecule has 2 aromatic rings. The smallest absolute Gasteiger partial charge is 0.123 e. The van der Waals surface area contributed by atoms with Crippen molar-refractivity contribution in [2.24, 2.45) is 0 Å². The summed E-state index contributed by atoms with van der Waals surface area (Å²) >= 11 is 0. The molecule has 0 saturated heterocycles. The van der Waals surface area contributed by atoms with E-state index in [0.29, 0.717) is 6.04 Å². The van der Waals surface area contributed by atoms with Gasteiger partial charge in [0.2, 0.25) is 0 Å². The Bertz CT molecular complexity index is 502. The highest BCUT2D eigenvalue weighted by Gasteiger charge is 2.05. The van der Waals surface area contributed by atoms with Crippen LogP contribution in [0.15, 0.2) is 42.6 Å². The molecule has 1 atom stereocenters. The molecule has 0 aliphatic rings. The number of aryl methyl sites for hydroxylation is 1. The Balaban J connectivity index is 1.84. The van der Waals surface area contributed by atoms with Crippen LogP contribution in [0.1, 0.15) is 25.1 Å². The fourth-order valence-electron chi connectivity index (χ4n) is 2.24. The van der Waals surface area contributed by atoms with E-state index in [0.717, 1.165) is 25.1 Å². The van der Waals surface area contributed by atoms with Crippen LogP contribution >= 0.6 is 0 Å². The van der Waals surface area contributed by atoms with E-state index in [1.807, 2.05) is 12.1 Å². The van der Waals surface area contributed by atoms with Gasteiger partial charge in [-0.15, -0.1) is 0 Å². The van der Waals surface area contributed by atoms with Crippen LogP contribution in [0.5, 0.6) is 0 Å². The lowest BCUT2D eigenvalue weighted by molar-refractivity contribution is 0.526. The van der Waals surface area contributed by atoms with E-state index < -0.39 is 0 Å². The number of nitrogens with one attached hydrogen (secondary N) is 1.